The minimum absolute atomic E-state index is 0.0174. The molecule has 0 atom stereocenters. The molecule has 1 N–H and O–H groups in total. The first-order valence-corrected chi connectivity index (χ1v) is 8.19. The summed E-state index contributed by atoms with van der Waals surface area (Å²) in [6, 6.07) is 6.99. The second kappa shape index (κ2) is 6.23. The molecule has 0 aliphatic rings. The number of amides is 1. The fourth-order valence-electron chi connectivity index (χ4n) is 1.66. The third kappa shape index (κ3) is 3.70. The van der Waals surface area contributed by atoms with E-state index in [-0.39, 0.29) is 11.7 Å². The van der Waals surface area contributed by atoms with Crippen molar-refractivity contribution in [3.63, 3.8) is 0 Å². The number of phenolic OH excluding ortho intramolecular Hbond substituents is 1. The van der Waals surface area contributed by atoms with Crippen LogP contribution in [0.5, 0.6) is 5.75 Å². The topological polar surface area (TPSA) is 40.5 Å². The highest BCUT2D eigenvalue weighted by Gasteiger charge is 2.16. The van der Waals surface area contributed by atoms with Crippen molar-refractivity contribution in [3.05, 3.63) is 48.1 Å². The molecule has 2 rings (SSSR count). The van der Waals surface area contributed by atoms with Gasteiger partial charge in [-0.3, -0.25) is 4.79 Å². The molecule has 0 radical (unpaired) electrons. The van der Waals surface area contributed by atoms with Crippen LogP contribution in [-0.2, 0) is 6.54 Å². The van der Waals surface area contributed by atoms with Gasteiger partial charge in [0.15, 0.2) is 0 Å². The van der Waals surface area contributed by atoms with Gasteiger partial charge in [0.25, 0.3) is 5.91 Å². The first kappa shape index (κ1) is 14.8. The van der Waals surface area contributed by atoms with Gasteiger partial charge < -0.3 is 10.0 Å². The summed E-state index contributed by atoms with van der Waals surface area (Å²) in [5, 5.41) is 11.8. The molecule has 1 amide bonds. The van der Waals surface area contributed by atoms with Gasteiger partial charge in [-0.2, -0.15) is 0 Å². The molecule has 100 valence electrons. The van der Waals surface area contributed by atoms with Crippen molar-refractivity contribution in [2.45, 2.75) is 6.54 Å². The lowest BCUT2D eigenvalue weighted by Crippen LogP contribution is -2.26. The summed E-state index contributed by atoms with van der Waals surface area (Å²) in [5.41, 5.74) is 1.40. The molecule has 1 heterocycles. The number of nitrogens with zero attached hydrogens (tertiary/aromatic N) is 1. The van der Waals surface area contributed by atoms with Crippen LogP contribution in [-0.4, -0.2) is 23.0 Å². The number of rotatable bonds is 3. The molecule has 0 aliphatic carbocycles. The molecule has 0 bridgehead atoms. The number of hydrogen-bond acceptors (Lipinski definition) is 3. The smallest absolute Gasteiger partial charge is 0.257 e. The summed E-state index contributed by atoms with van der Waals surface area (Å²) in [5.74, 6) is -0.165. The highest BCUT2D eigenvalue weighted by Crippen LogP contribution is 2.24. The van der Waals surface area contributed by atoms with Crippen molar-refractivity contribution >= 4 is 55.8 Å². The van der Waals surface area contributed by atoms with E-state index in [9.17, 15) is 9.90 Å². The maximum atomic E-state index is 12.3. The number of carbonyl (C=O) groups excluding carboxylic acids is 1. The van der Waals surface area contributed by atoms with Crippen LogP contribution < -0.4 is 0 Å². The van der Waals surface area contributed by atoms with Gasteiger partial charge in [-0.25, -0.2) is 0 Å². The molecular formula is C13H11BrINO2S. The van der Waals surface area contributed by atoms with E-state index in [2.05, 4.69) is 38.5 Å². The standard InChI is InChI=1S/C13H11BrINO2S/c1-16(6-8-4-12(14)19-7-8)13(18)10-5-9(15)2-3-11(10)17/h2-5,7,17H,6H2,1H3. The minimum atomic E-state index is -0.182. The van der Waals surface area contributed by atoms with Gasteiger partial charge in [0.2, 0.25) is 0 Å². The lowest BCUT2D eigenvalue weighted by Gasteiger charge is -2.17. The predicted octanol–water partition coefficient (Wildman–Crippen LogP) is 4.09. The molecule has 0 spiro atoms. The number of halogens is 2. The van der Waals surface area contributed by atoms with Gasteiger partial charge >= 0.3 is 0 Å². The zero-order valence-corrected chi connectivity index (χ0v) is 14.6. The van der Waals surface area contributed by atoms with Crippen molar-refractivity contribution in [3.8, 4) is 5.75 Å². The lowest BCUT2D eigenvalue weighted by molar-refractivity contribution is 0.0782. The summed E-state index contributed by atoms with van der Waals surface area (Å²) < 4.78 is 1.96. The number of carbonyl (C=O) groups is 1. The van der Waals surface area contributed by atoms with E-state index in [4.69, 9.17) is 0 Å². The van der Waals surface area contributed by atoms with Crippen LogP contribution in [0.3, 0.4) is 0 Å². The van der Waals surface area contributed by atoms with E-state index in [1.54, 1.807) is 41.5 Å². The Labute approximate surface area is 137 Å². The maximum Gasteiger partial charge on any atom is 0.257 e. The molecular weight excluding hydrogens is 441 g/mol. The van der Waals surface area contributed by atoms with Gasteiger partial charge in [-0.05, 0) is 73.7 Å². The zero-order valence-electron chi connectivity index (χ0n) is 10.1. The Morgan fingerprint density at radius 3 is 2.84 bits per heavy atom. The summed E-state index contributed by atoms with van der Waals surface area (Å²) in [6.07, 6.45) is 0. The quantitative estimate of drug-likeness (QED) is 0.714. The van der Waals surface area contributed by atoms with Crippen molar-refractivity contribution in [2.24, 2.45) is 0 Å². The SMILES string of the molecule is CN(Cc1csc(Br)c1)C(=O)c1cc(I)ccc1O. The number of aromatic hydroxyl groups is 1. The van der Waals surface area contributed by atoms with E-state index in [0.29, 0.717) is 12.1 Å². The summed E-state index contributed by atoms with van der Waals surface area (Å²) in [4.78, 5) is 13.9. The second-order valence-electron chi connectivity index (χ2n) is 4.08. The molecule has 3 nitrogen and oxygen atoms in total. The van der Waals surface area contributed by atoms with Crippen LogP contribution in [0.1, 0.15) is 15.9 Å². The molecule has 0 unspecified atom stereocenters. The molecule has 0 aliphatic heterocycles. The molecule has 19 heavy (non-hydrogen) atoms. The molecule has 2 aromatic rings. The maximum absolute atomic E-state index is 12.3. The fourth-order valence-corrected chi connectivity index (χ4v) is 3.35. The third-order valence-electron chi connectivity index (χ3n) is 2.58. The van der Waals surface area contributed by atoms with E-state index < -0.39 is 0 Å². The largest absolute Gasteiger partial charge is 0.507 e. The average molecular weight is 452 g/mol. The Balaban J connectivity index is 2.16. The molecule has 0 saturated carbocycles. The highest BCUT2D eigenvalue weighted by atomic mass is 127. The molecule has 0 fully saturated rings. The third-order valence-corrected chi connectivity index (χ3v) is 4.80. The zero-order chi connectivity index (χ0) is 14.0. The number of hydrogen-bond donors (Lipinski definition) is 1. The monoisotopic (exact) mass is 451 g/mol. The number of benzene rings is 1. The van der Waals surface area contributed by atoms with Gasteiger partial charge in [0, 0.05) is 17.2 Å². The van der Waals surface area contributed by atoms with Crippen LogP contribution >= 0.6 is 49.9 Å². The first-order valence-electron chi connectivity index (χ1n) is 5.44. The predicted molar refractivity (Wildman–Crippen MR) is 88.6 cm³/mol. The summed E-state index contributed by atoms with van der Waals surface area (Å²) in [7, 11) is 1.73. The Hall–Kier alpha value is -0.600. The molecule has 1 aromatic carbocycles. The molecule has 0 saturated heterocycles. The van der Waals surface area contributed by atoms with E-state index in [1.807, 2.05) is 11.4 Å². The lowest BCUT2D eigenvalue weighted by atomic mass is 10.1. The van der Waals surface area contributed by atoms with E-state index in [1.165, 1.54) is 0 Å². The fraction of sp³-hybridized carbons (Fsp3) is 0.154. The van der Waals surface area contributed by atoms with Crippen LogP contribution in [0.25, 0.3) is 0 Å². The van der Waals surface area contributed by atoms with Crippen molar-refractivity contribution in [2.75, 3.05) is 7.05 Å². The van der Waals surface area contributed by atoms with Gasteiger partial charge in [-0.15, -0.1) is 11.3 Å². The minimum Gasteiger partial charge on any atom is -0.507 e. The Morgan fingerprint density at radius 1 is 1.47 bits per heavy atom. The normalized spacial score (nSPS) is 10.5. The molecule has 1 aromatic heterocycles. The van der Waals surface area contributed by atoms with Crippen LogP contribution in [0.4, 0.5) is 0 Å². The van der Waals surface area contributed by atoms with E-state index >= 15 is 0 Å². The highest BCUT2D eigenvalue weighted by molar-refractivity contribution is 14.1. The average Bonchev–Trinajstić information content (AvgIpc) is 2.77. The van der Waals surface area contributed by atoms with Gasteiger partial charge in [-0.1, -0.05) is 0 Å². The first-order chi connectivity index (χ1) is 8.97. The van der Waals surface area contributed by atoms with Crippen LogP contribution in [0.15, 0.2) is 33.4 Å². The number of phenols is 1. The Bertz CT molecular complexity index is 614. The van der Waals surface area contributed by atoms with Gasteiger partial charge in [0.05, 0.1) is 9.35 Å². The van der Waals surface area contributed by atoms with Crippen molar-refractivity contribution < 1.29 is 9.90 Å². The second-order valence-corrected chi connectivity index (χ2v) is 7.62. The Morgan fingerprint density at radius 2 is 2.21 bits per heavy atom. The number of thiophene rings is 1. The van der Waals surface area contributed by atoms with Gasteiger partial charge in [0.1, 0.15) is 5.75 Å². The Kier molecular flexibility index (Phi) is 4.86. The van der Waals surface area contributed by atoms with Crippen LogP contribution in [0, 0.1) is 3.57 Å². The summed E-state index contributed by atoms with van der Waals surface area (Å²) in [6.45, 7) is 0.520. The van der Waals surface area contributed by atoms with E-state index in [0.717, 1.165) is 12.9 Å². The van der Waals surface area contributed by atoms with Crippen LogP contribution in [0.2, 0.25) is 0 Å². The van der Waals surface area contributed by atoms with Crippen molar-refractivity contribution in [1.82, 2.24) is 4.90 Å². The van der Waals surface area contributed by atoms with Crippen molar-refractivity contribution in [1.29, 1.82) is 0 Å². The molecule has 6 heteroatoms. The summed E-state index contributed by atoms with van der Waals surface area (Å²) >= 11 is 7.11.